The molecule has 0 unspecified atom stereocenters. The molecule has 0 aliphatic rings. The van der Waals surface area contributed by atoms with Crippen LogP contribution in [0, 0.1) is 0 Å². The van der Waals surface area contributed by atoms with Gasteiger partial charge in [0.1, 0.15) is 0 Å². The normalized spacial score (nSPS) is 12.0. The molecule has 0 radical (unpaired) electrons. The number of hydrogen-bond donors (Lipinski definition) is 0. The minimum absolute atomic E-state index is 1.17. The molecular weight excluding hydrogens is 238 g/mol. The highest BCUT2D eigenvalue weighted by Gasteiger charge is 2.19. The molecule has 0 heterocycles. The lowest BCUT2D eigenvalue weighted by atomic mass is 10.2. The zero-order valence-electron chi connectivity index (χ0n) is 10.2. The average Bonchev–Trinajstić information content (AvgIpc) is 2.24. The van der Waals surface area contributed by atoms with E-state index in [4.69, 9.17) is 0 Å². The van der Waals surface area contributed by atoms with Crippen LogP contribution in [0.2, 0.25) is 0 Å². The molecule has 0 aromatic rings. The molecule has 0 spiro atoms. The Morgan fingerprint density at radius 2 is 1.29 bits per heavy atom. The van der Waals surface area contributed by atoms with Gasteiger partial charge in [0.15, 0.2) is 0 Å². The highest BCUT2D eigenvalue weighted by Crippen LogP contribution is 2.10. The molecule has 0 aliphatic carbocycles. The first-order valence-electron chi connectivity index (χ1n) is 6.15. The van der Waals surface area contributed by atoms with E-state index in [1.54, 1.807) is 0 Å². The quantitative estimate of drug-likeness (QED) is 0.338. The summed E-state index contributed by atoms with van der Waals surface area (Å²) >= 11 is 3.48. The van der Waals surface area contributed by atoms with Gasteiger partial charge in [0.05, 0.1) is 26.2 Å². The maximum Gasteiger partial charge on any atom is 0.0786 e. The monoisotopic (exact) mass is 264 g/mol. The van der Waals surface area contributed by atoms with E-state index in [1.807, 2.05) is 0 Å². The number of alkyl halides is 1. The highest BCUT2D eigenvalue weighted by molar-refractivity contribution is 9.09. The number of quaternary nitrogens is 1. The van der Waals surface area contributed by atoms with E-state index in [9.17, 15) is 0 Å². The summed E-state index contributed by atoms with van der Waals surface area (Å²) < 4.78 is 1.31. The predicted octanol–water partition coefficient (Wildman–Crippen LogP) is 3.82. The lowest BCUT2D eigenvalue weighted by molar-refractivity contribution is -0.923. The summed E-state index contributed by atoms with van der Waals surface area (Å²) in [5.74, 6) is 0. The Kier molecular flexibility index (Phi) is 9.00. The molecule has 0 saturated carbocycles. The van der Waals surface area contributed by atoms with E-state index in [0.29, 0.717) is 0 Å². The Bertz CT molecular complexity index is 113. The highest BCUT2D eigenvalue weighted by atomic mass is 79.9. The van der Waals surface area contributed by atoms with E-state index in [-0.39, 0.29) is 0 Å². The summed E-state index contributed by atoms with van der Waals surface area (Å²) in [6, 6.07) is 0. The van der Waals surface area contributed by atoms with Gasteiger partial charge in [0.25, 0.3) is 0 Å². The standard InChI is InChI=1S/C12H27BrN/c1-4-14(5-2,6-3)12-10-8-7-9-11-13/h4-12H2,1-3H3/q+1. The number of unbranched alkanes of at least 4 members (excludes halogenated alkanes) is 3. The fraction of sp³-hybridized carbons (Fsp3) is 1.00. The van der Waals surface area contributed by atoms with Gasteiger partial charge in [0, 0.05) is 5.33 Å². The van der Waals surface area contributed by atoms with E-state index < -0.39 is 0 Å². The third-order valence-corrected chi connectivity index (χ3v) is 4.09. The Labute approximate surface area is 98.6 Å². The molecule has 0 amide bonds. The van der Waals surface area contributed by atoms with Crippen LogP contribution in [0.15, 0.2) is 0 Å². The average molecular weight is 265 g/mol. The smallest absolute Gasteiger partial charge is 0.0786 e. The first kappa shape index (κ1) is 14.4. The van der Waals surface area contributed by atoms with E-state index in [2.05, 4.69) is 36.7 Å². The van der Waals surface area contributed by atoms with Crippen molar-refractivity contribution in [3.63, 3.8) is 0 Å². The molecule has 2 heteroatoms. The summed E-state index contributed by atoms with van der Waals surface area (Å²) in [6.45, 7) is 12.2. The van der Waals surface area contributed by atoms with E-state index in [1.165, 1.54) is 61.7 Å². The lowest BCUT2D eigenvalue weighted by Gasteiger charge is -2.35. The summed E-state index contributed by atoms with van der Waals surface area (Å²) in [5.41, 5.74) is 0. The second-order valence-corrected chi connectivity index (χ2v) is 4.91. The maximum atomic E-state index is 3.48. The van der Waals surface area contributed by atoms with Crippen LogP contribution in [0.25, 0.3) is 0 Å². The van der Waals surface area contributed by atoms with Crippen molar-refractivity contribution >= 4 is 15.9 Å². The topological polar surface area (TPSA) is 0 Å². The SMILES string of the molecule is CC[N+](CC)(CC)CCCCCCBr. The Hall–Kier alpha value is 0.440. The number of hydrogen-bond acceptors (Lipinski definition) is 0. The molecule has 0 aromatic heterocycles. The van der Waals surface area contributed by atoms with Gasteiger partial charge in [-0.05, 0) is 40.0 Å². The van der Waals surface area contributed by atoms with Crippen molar-refractivity contribution in [2.75, 3.05) is 31.5 Å². The molecule has 86 valence electrons. The maximum absolute atomic E-state index is 3.48. The second kappa shape index (κ2) is 8.72. The number of nitrogens with zero attached hydrogens (tertiary/aromatic N) is 1. The Morgan fingerprint density at radius 1 is 0.786 bits per heavy atom. The van der Waals surface area contributed by atoms with Gasteiger partial charge in [0.2, 0.25) is 0 Å². The zero-order chi connectivity index (χ0) is 10.9. The summed E-state index contributed by atoms with van der Waals surface area (Å²) in [4.78, 5) is 0. The fourth-order valence-electron chi connectivity index (χ4n) is 2.04. The minimum Gasteiger partial charge on any atom is -0.324 e. The van der Waals surface area contributed by atoms with Crippen LogP contribution in [0.1, 0.15) is 46.5 Å². The fourth-order valence-corrected chi connectivity index (χ4v) is 2.44. The third-order valence-electron chi connectivity index (χ3n) is 3.53. The van der Waals surface area contributed by atoms with Crippen LogP contribution in [-0.4, -0.2) is 36.0 Å². The van der Waals surface area contributed by atoms with Crippen molar-refractivity contribution in [1.29, 1.82) is 0 Å². The van der Waals surface area contributed by atoms with Crippen LogP contribution in [-0.2, 0) is 0 Å². The van der Waals surface area contributed by atoms with Gasteiger partial charge in [-0.1, -0.05) is 22.4 Å². The van der Waals surface area contributed by atoms with Gasteiger partial charge < -0.3 is 4.48 Å². The first-order valence-corrected chi connectivity index (χ1v) is 7.27. The summed E-state index contributed by atoms with van der Waals surface area (Å²) in [6.07, 6.45) is 5.54. The molecular formula is C12H27BrN+. The van der Waals surface area contributed by atoms with Crippen molar-refractivity contribution in [3.05, 3.63) is 0 Å². The van der Waals surface area contributed by atoms with Crippen molar-refractivity contribution in [2.24, 2.45) is 0 Å². The molecule has 1 nitrogen and oxygen atoms in total. The largest absolute Gasteiger partial charge is 0.324 e. The van der Waals surface area contributed by atoms with Crippen molar-refractivity contribution in [3.8, 4) is 0 Å². The molecule has 0 atom stereocenters. The van der Waals surface area contributed by atoms with Gasteiger partial charge in [-0.15, -0.1) is 0 Å². The Balaban J connectivity index is 3.61. The van der Waals surface area contributed by atoms with Crippen molar-refractivity contribution < 1.29 is 4.48 Å². The third kappa shape index (κ3) is 5.35. The summed E-state index contributed by atoms with van der Waals surface area (Å²) in [5, 5.41) is 1.17. The van der Waals surface area contributed by atoms with Gasteiger partial charge in [-0.25, -0.2) is 0 Å². The molecule has 0 rings (SSSR count). The second-order valence-electron chi connectivity index (χ2n) is 4.12. The Morgan fingerprint density at radius 3 is 1.71 bits per heavy atom. The molecule has 0 aliphatic heterocycles. The lowest BCUT2D eigenvalue weighted by Crippen LogP contribution is -2.48. The van der Waals surface area contributed by atoms with E-state index in [0.717, 1.165) is 0 Å². The zero-order valence-corrected chi connectivity index (χ0v) is 11.8. The first-order chi connectivity index (χ1) is 6.74. The number of halogens is 1. The van der Waals surface area contributed by atoms with Crippen molar-refractivity contribution in [2.45, 2.75) is 46.5 Å². The van der Waals surface area contributed by atoms with Crippen LogP contribution < -0.4 is 0 Å². The van der Waals surface area contributed by atoms with Crippen LogP contribution >= 0.6 is 15.9 Å². The molecule has 14 heavy (non-hydrogen) atoms. The van der Waals surface area contributed by atoms with Crippen LogP contribution in [0.5, 0.6) is 0 Å². The van der Waals surface area contributed by atoms with Gasteiger partial charge >= 0.3 is 0 Å². The molecule has 0 N–H and O–H groups in total. The van der Waals surface area contributed by atoms with E-state index >= 15 is 0 Å². The summed E-state index contributed by atoms with van der Waals surface area (Å²) in [7, 11) is 0. The minimum atomic E-state index is 1.17. The molecule has 0 bridgehead atoms. The molecule has 0 fully saturated rings. The van der Waals surface area contributed by atoms with Gasteiger partial charge in [-0.3, -0.25) is 0 Å². The number of rotatable bonds is 9. The van der Waals surface area contributed by atoms with Crippen LogP contribution in [0.3, 0.4) is 0 Å². The molecule has 0 saturated heterocycles. The molecule has 0 aromatic carbocycles. The van der Waals surface area contributed by atoms with Gasteiger partial charge in [-0.2, -0.15) is 0 Å². The predicted molar refractivity (Wildman–Crippen MR) is 69.0 cm³/mol. The van der Waals surface area contributed by atoms with Crippen LogP contribution in [0.4, 0.5) is 0 Å². The van der Waals surface area contributed by atoms with Crippen molar-refractivity contribution in [1.82, 2.24) is 0 Å².